The summed E-state index contributed by atoms with van der Waals surface area (Å²) in [6, 6.07) is 7.37. The van der Waals surface area contributed by atoms with Crippen LogP contribution < -0.4 is 14.5 Å². The fraction of sp³-hybridized carbons (Fsp3) is 0.421. The van der Waals surface area contributed by atoms with Crippen molar-refractivity contribution in [2.45, 2.75) is 12.8 Å². The largest absolute Gasteiger partial charge is 0.484 e. The van der Waals surface area contributed by atoms with E-state index in [1.165, 1.54) is 0 Å². The van der Waals surface area contributed by atoms with Gasteiger partial charge in [0.15, 0.2) is 11.7 Å². The topological polar surface area (TPSA) is 66.0 Å². The first kappa shape index (κ1) is 17.8. The van der Waals surface area contributed by atoms with Gasteiger partial charge in [-0.15, -0.1) is 11.3 Å². The maximum atomic E-state index is 12.4. The van der Waals surface area contributed by atoms with Crippen LogP contribution in [0.3, 0.4) is 0 Å². The van der Waals surface area contributed by atoms with E-state index < -0.39 is 0 Å². The Labute approximate surface area is 162 Å². The smallest absolute Gasteiger partial charge is 0.260 e. The first-order valence-electron chi connectivity index (χ1n) is 9.16. The van der Waals surface area contributed by atoms with Gasteiger partial charge in [-0.3, -0.25) is 9.59 Å². The lowest BCUT2D eigenvalue weighted by Crippen LogP contribution is -2.50. The zero-order chi connectivity index (χ0) is 18.6. The summed E-state index contributed by atoms with van der Waals surface area (Å²) in [5, 5.41) is 2.97. The minimum absolute atomic E-state index is 0.00686. The Balaban J connectivity index is 1.25. The summed E-state index contributed by atoms with van der Waals surface area (Å²) in [7, 11) is 0. The molecule has 0 unspecified atom stereocenters. The minimum Gasteiger partial charge on any atom is -0.484 e. The molecule has 1 aromatic heterocycles. The van der Waals surface area contributed by atoms with E-state index in [4.69, 9.17) is 4.74 Å². The highest BCUT2D eigenvalue weighted by Gasteiger charge is 2.23. The molecule has 2 aliphatic heterocycles. The number of nitrogens with zero attached hydrogens (tertiary/aromatic N) is 4. The number of rotatable bonds is 5. The van der Waals surface area contributed by atoms with Gasteiger partial charge in [-0.2, -0.15) is 0 Å². The van der Waals surface area contributed by atoms with E-state index in [-0.39, 0.29) is 18.4 Å². The van der Waals surface area contributed by atoms with Crippen molar-refractivity contribution in [3.05, 3.63) is 35.8 Å². The Kier molecular flexibility index (Phi) is 5.24. The number of benzene rings is 1. The Morgan fingerprint density at radius 3 is 2.52 bits per heavy atom. The molecule has 0 N–H and O–H groups in total. The Bertz CT molecular complexity index is 786. The Morgan fingerprint density at radius 2 is 1.89 bits per heavy atom. The number of hydrogen-bond acceptors (Lipinski definition) is 6. The molecule has 0 bridgehead atoms. The first-order chi connectivity index (χ1) is 13.2. The SMILES string of the molecule is O=C(COc1ccc(N2CCCC2=O)cc1)N1CCN(c2nccs2)CC1. The first-order valence-corrected chi connectivity index (χ1v) is 10.0. The van der Waals surface area contributed by atoms with Gasteiger partial charge in [-0.25, -0.2) is 4.98 Å². The molecule has 27 heavy (non-hydrogen) atoms. The van der Waals surface area contributed by atoms with Gasteiger partial charge in [0, 0.05) is 56.4 Å². The van der Waals surface area contributed by atoms with Crippen LogP contribution in [-0.2, 0) is 9.59 Å². The summed E-state index contributed by atoms with van der Waals surface area (Å²) in [5.41, 5.74) is 0.884. The van der Waals surface area contributed by atoms with Crippen LogP contribution >= 0.6 is 11.3 Å². The van der Waals surface area contributed by atoms with Crippen LogP contribution in [0.4, 0.5) is 10.8 Å². The van der Waals surface area contributed by atoms with Gasteiger partial charge in [0.25, 0.3) is 5.91 Å². The molecule has 2 fully saturated rings. The highest BCUT2D eigenvalue weighted by Crippen LogP contribution is 2.24. The number of thiazole rings is 1. The molecule has 2 aliphatic rings. The zero-order valence-corrected chi connectivity index (χ0v) is 15.9. The fourth-order valence-electron chi connectivity index (χ4n) is 3.40. The molecule has 0 spiro atoms. The fourth-order valence-corrected chi connectivity index (χ4v) is 4.10. The average Bonchev–Trinajstić information content (AvgIpc) is 3.39. The highest BCUT2D eigenvalue weighted by molar-refractivity contribution is 7.13. The van der Waals surface area contributed by atoms with E-state index >= 15 is 0 Å². The number of piperazine rings is 1. The molecule has 7 nitrogen and oxygen atoms in total. The van der Waals surface area contributed by atoms with Gasteiger partial charge >= 0.3 is 0 Å². The predicted molar refractivity (Wildman–Crippen MR) is 104 cm³/mol. The van der Waals surface area contributed by atoms with Gasteiger partial charge in [-0.05, 0) is 30.7 Å². The minimum atomic E-state index is -0.00686. The molecular formula is C19H22N4O3S. The lowest BCUT2D eigenvalue weighted by atomic mass is 10.3. The Morgan fingerprint density at radius 1 is 1.11 bits per heavy atom. The molecular weight excluding hydrogens is 364 g/mol. The lowest BCUT2D eigenvalue weighted by Gasteiger charge is -2.34. The number of carbonyl (C=O) groups is 2. The van der Waals surface area contributed by atoms with Crippen LogP contribution in [-0.4, -0.2) is 61.0 Å². The molecule has 2 aromatic rings. The van der Waals surface area contributed by atoms with Crippen molar-refractivity contribution in [1.29, 1.82) is 0 Å². The monoisotopic (exact) mass is 386 g/mol. The van der Waals surface area contributed by atoms with Crippen LogP contribution in [0.5, 0.6) is 5.75 Å². The van der Waals surface area contributed by atoms with Crippen LogP contribution in [0.1, 0.15) is 12.8 Å². The molecule has 0 radical (unpaired) electrons. The maximum absolute atomic E-state index is 12.4. The second kappa shape index (κ2) is 7.96. The summed E-state index contributed by atoms with van der Waals surface area (Å²) >= 11 is 1.62. The van der Waals surface area contributed by atoms with Gasteiger partial charge in [-0.1, -0.05) is 0 Å². The molecule has 4 rings (SSSR count). The normalized spacial score (nSPS) is 17.5. The van der Waals surface area contributed by atoms with E-state index in [0.717, 1.165) is 36.9 Å². The van der Waals surface area contributed by atoms with Crippen molar-refractivity contribution < 1.29 is 14.3 Å². The van der Waals surface area contributed by atoms with Gasteiger partial charge in [0.2, 0.25) is 5.91 Å². The maximum Gasteiger partial charge on any atom is 0.260 e. The number of hydrogen-bond donors (Lipinski definition) is 0. The van der Waals surface area contributed by atoms with Crippen molar-refractivity contribution in [3.63, 3.8) is 0 Å². The molecule has 3 heterocycles. The molecule has 0 saturated carbocycles. The van der Waals surface area contributed by atoms with E-state index in [2.05, 4.69) is 9.88 Å². The number of ether oxygens (including phenoxy) is 1. The lowest BCUT2D eigenvalue weighted by molar-refractivity contribution is -0.133. The summed E-state index contributed by atoms with van der Waals surface area (Å²) in [5.74, 6) is 0.795. The number of aromatic nitrogens is 1. The van der Waals surface area contributed by atoms with Crippen molar-refractivity contribution in [2.75, 3.05) is 49.1 Å². The van der Waals surface area contributed by atoms with E-state index in [0.29, 0.717) is 25.3 Å². The third-order valence-corrected chi connectivity index (χ3v) is 5.74. The number of carbonyl (C=O) groups excluding carboxylic acids is 2. The van der Waals surface area contributed by atoms with Gasteiger partial charge < -0.3 is 19.4 Å². The van der Waals surface area contributed by atoms with E-state index in [1.54, 1.807) is 22.4 Å². The van der Waals surface area contributed by atoms with Crippen LogP contribution in [0, 0.1) is 0 Å². The molecule has 2 saturated heterocycles. The third kappa shape index (κ3) is 4.05. The Hall–Kier alpha value is -2.61. The van der Waals surface area contributed by atoms with Gasteiger partial charge in [0.1, 0.15) is 5.75 Å². The zero-order valence-electron chi connectivity index (χ0n) is 15.0. The quantitative estimate of drug-likeness (QED) is 0.786. The van der Waals surface area contributed by atoms with Crippen molar-refractivity contribution in [2.24, 2.45) is 0 Å². The van der Waals surface area contributed by atoms with Crippen LogP contribution in [0.25, 0.3) is 0 Å². The third-order valence-electron chi connectivity index (χ3n) is 4.91. The molecule has 8 heteroatoms. The molecule has 0 aliphatic carbocycles. The van der Waals surface area contributed by atoms with Crippen molar-refractivity contribution in [3.8, 4) is 5.75 Å². The summed E-state index contributed by atoms with van der Waals surface area (Å²) in [4.78, 5) is 34.3. The summed E-state index contributed by atoms with van der Waals surface area (Å²) in [6.45, 7) is 3.73. The van der Waals surface area contributed by atoms with Crippen LogP contribution in [0.15, 0.2) is 35.8 Å². The van der Waals surface area contributed by atoms with Gasteiger partial charge in [0.05, 0.1) is 0 Å². The highest BCUT2D eigenvalue weighted by atomic mass is 32.1. The van der Waals surface area contributed by atoms with Crippen molar-refractivity contribution >= 4 is 34.0 Å². The average molecular weight is 386 g/mol. The number of anilines is 2. The van der Waals surface area contributed by atoms with Crippen molar-refractivity contribution in [1.82, 2.24) is 9.88 Å². The summed E-state index contributed by atoms with van der Waals surface area (Å²) in [6.07, 6.45) is 3.32. The standard InChI is InChI=1S/C19H22N4O3S/c24-17-2-1-8-23(17)15-3-5-16(6-4-15)26-14-18(25)21-9-11-22(12-10-21)19-20-7-13-27-19/h3-7,13H,1-2,8-12,14H2. The number of amides is 2. The predicted octanol–water partition coefficient (Wildman–Crippen LogP) is 2.00. The summed E-state index contributed by atoms with van der Waals surface area (Å²) < 4.78 is 5.65. The van der Waals surface area contributed by atoms with E-state index in [9.17, 15) is 9.59 Å². The van der Waals surface area contributed by atoms with Crippen LogP contribution in [0.2, 0.25) is 0 Å². The second-order valence-corrected chi connectivity index (χ2v) is 7.49. The van der Waals surface area contributed by atoms with E-state index in [1.807, 2.05) is 34.5 Å². The molecule has 1 aromatic carbocycles. The molecule has 0 atom stereocenters. The molecule has 142 valence electrons. The second-order valence-electron chi connectivity index (χ2n) is 6.61. The molecule has 2 amide bonds.